The van der Waals surface area contributed by atoms with Gasteiger partial charge in [0.25, 0.3) is 0 Å². The van der Waals surface area contributed by atoms with Crippen LogP contribution in [0.1, 0.15) is 79.1 Å². The number of allylic oxidation sites excluding steroid dienone is 1. The normalized spacial score (nSPS) is 56.0. The molecule has 31 heavy (non-hydrogen) atoms. The molecule has 0 aromatic heterocycles. The lowest BCUT2D eigenvalue weighted by atomic mass is 9.46. The molecule has 0 N–H and O–H groups in total. The Labute approximate surface area is 186 Å². The molecular weight excluding hydrogens is 388 g/mol. The zero-order chi connectivity index (χ0) is 21.8. The summed E-state index contributed by atoms with van der Waals surface area (Å²) >= 11 is 0. The molecule has 0 unspecified atom stereocenters. The highest BCUT2D eigenvalue weighted by atomic mass is 16.7. The second kappa shape index (κ2) is 6.53. The van der Waals surface area contributed by atoms with Crippen LogP contribution in [0.25, 0.3) is 0 Å². The monoisotopic (exact) mass is 426 g/mol. The van der Waals surface area contributed by atoms with E-state index in [0.29, 0.717) is 42.3 Å². The number of carbonyl (C=O) groups is 2. The summed E-state index contributed by atoms with van der Waals surface area (Å²) in [4.78, 5) is 26.0. The van der Waals surface area contributed by atoms with E-state index in [0.717, 1.165) is 45.1 Å². The number of ketones is 2. The molecule has 2 heterocycles. The van der Waals surface area contributed by atoms with Crippen LogP contribution in [0.5, 0.6) is 0 Å². The number of ether oxygens (including phenoxy) is 2. The highest BCUT2D eigenvalue weighted by Crippen LogP contribution is 2.69. The molecule has 4 aliphatic carbocycles. The predicted molar refractivity (Wildman–Crippen MR) is 117 cm³/mol. The smallest absolute Gasteiger partial charge is 0.171 e. The number of Topliss-reactive ketones (excluding diaryl/α,β-unsaturated/α-hetero) is 1. The summed E-state index contributed by atoms with van der Waals surface area (Å²) in [7, 11) is 0. The fourth-order valence-electron chi connectivity index (χ4n) is 9.26. The fraction of sp³-hybridized carbons (Fsp3) is 0.852. The van der Waals surface area contributed by atoms with Crippen LogP contribution >= 0.6 is 0 Å². The van der Waals surface area contributed by atoms with E-state index in [1.165, 1.54) is 5.57 Å². The minimum atomic E-state index is -0.467. The van der Waals surface area contributed by atoms with Gasteiger partial charge in [-0.25, -0.2) is 0 Å². The van der Waals surface area contributed by atoms with Gasteiger partial charge in [0.1, 0.15) is 5.78 Å². The SMILES string of the molecule is C[C@@H]1CC[C@@]2(OC1)O[C@H]1C[C@@H]3[C@@H]4CCC5=CC(=O)CC[C@]5(C)[C@H]4CC(=O)[C@]3(C)[C@H]1[C@@H]2C. The van der Waals surface area contributed by atoms with Gasteiger partial charge in [-0.1, -0.05) is 33.3 Å². The van der Waals surface area contributed by atoms with Gasteiger partial charge in [-0.3, -0.25) is 9.59 Å². The van der Waals surface area contributed by atoms with Gasteiger partial charge in [0.15, 0.2) is 11.6 Å². The Hall–Kier alpha value is -1.00. The molecule has 2 saturated heterocycles. The van der Waals surface area contributed by atoms with Crippen LogP contribution < -0.4 is 0 Å². The molecule has 6 rings (SSSR count). The van der Waals surface area contributed by atoms with Gasteiger partial charge in [-0.2, -0.15) is 0 Å². The van der Waals surface area contributed by atoms with Crippen molar-refractivity contribution in [1.29, 1.82) is 0 Å². The van der Waals surface area contributed by atoms with Crippen molar-refractivity contribution in [3.63, 3.8) is 0 Å². The molecule has 4 heteroatoms. The van der Waals surface area contributed by atoms with Crippen molar-refractivity contribution in [3.8, 4) is 0 Å². The van der Waals surface area contributed by atoms with E-state index in [9.17, 15) is 9.59 Å². The molecule has 0 radical (unpaired) electrons. The van der Waals surface area contributed by atoms with E-state index in [2.05, 4.69) is 27.7 Å². The maximum atomic E-state index is 14.0. The highest BCUT2D eigenvalue weighted by Gasteiger charge is 2.71. The van der Waals surface area contributed by atoms with Crippen LogP contribution in [-0.2, 0) is 19.1 Å². The first-order chi connectivity index (χ1) is 14.7. The largest absolute Gasteiger partial charge is 0.349 e. The maximum Gasteiger partial charge on any atom is 0.171 e. The summed E-state index contributed by atoms with van der Waals surface area (Å²) in [6.07, 6.45) is 9.59. The van der Waals surface area contributed by atoms with Crippen LogP contribution in [-0.4, -0.2) is 30.1 Å². The molecule has 1 spiro atoms. The Kier molecular flexibility index (Phi) is 4.34. The lowest BCUT2D eigenvalue weighted by molar-refractivity contribution is -0.272. The van der Waals surface area contributed by atoms with Crippen molar-refractivity contribution in [1.82, 2.24) is 0 Å². The van der Waals surface area contributed by atoms with E-state index in [4.69, 9.17) is 9.47 Å². The van der Waals surface area contributed by atoms with E-state index in [1.54, 1.807) is 0 Å². The van der Waals surface area contributed by atoms with Crippen LogP contribution in [0, 0.1) is 46.3 Å². The molecule has 170 valence electrons. The van der Waals surface area contributed by atoms with Crippen LogP contribution in [0.15, 0.2) is 11.6 Å². The molecule has 5 fully saturated rings. The van der Waals surface area contributed by atoms with Crippen molar-refractivity contribution >= 4 is 11.6 Å². The Bertz CT molecular complexity index is 851. The molecule has 3 saturated carbocycles. The second-order valence-corrected chi connectivity index (χ2v) is 12.4. The van der Waals surface area contributed by atoms with Gasteiger partial charge in [-0.15, -0.1) is 0 Å². The van der Waals surface area contributed by atoms with Gasteiger partial charge < -0.3 is 9.47 Å². The third kappa shape index (κ3) is 2.55. The first-order valence-electron chi connectivity index (χ1n) is 12.8. The number of hydrogen-bond acceptors (Lipinski definition) is 4. The van der Waals surface area contributed by atoms with Crippen LogP contribution in [0.3, 0.4) is 0 Å². The average molecular weight is 427 g/mol. The standard InChI is InChI=1S/C27H38O4/c1-15-7-10-27(30-14-15)16(2)24-22(31-27)12-21-19-6-5-17-11-18(28)8-9-25(17,3)20(19)13-23(29)26(21,24)4/h11,15-16,19-22,24H,5-10,12-14H2,1-4H3/t15-,16+,19-,20+,21-,22+,24+,25+,26-,27-/m1/s1. The summed E-state index contributed by atoms with van der Waals surface area (Å²) < 4.78 is 13.2. The summed E-state index contributed by atoms with van der Waals surface area (Å²) in [6.45, 7) is 9.95. The first kappa shape index (κ1) is 20.6. The lowest BCUT2D eigenvalue weighted by Gasteiger charge is -2.57. The van der Waals surface area contributed by atoms with E-state index in [-0.39, 0.29) is 34.6 Å². The van der Waals surface area contributed by atoms with Crippen molar-refractivity contribution in [2.45, 2.75) is 91.0 Å². The highest BCUT2D eigenvalue weighted by molar-refractivity contribution is 5.92. The molecule has 10 atom stereocenters. The van der Waals surface area contributed by atoms with Gasteiger partial charge in [-0.05, 0) is 67.3 Å². The fourth-order valence-corrected chi connectivity index (χ4v) is 9.26. The number of fused-ring (bicyclic) bond motifs is 7. The molecule has 0 bridgehead atoms. The molecule has 4 nitrogen and oxygen atoms in total. The average Bonchev–Trinajstić information content (AvgIpc) is 3.18. The van der Waals surface area contributed by atoms with Crippen molar-refractivity contribution in [2.24, 2.45) is 46.3 Å². The number of carbonyl (C=O) groups excluding carboxylic acids is 2. The Balaban J connectivity index is 1.33. The molecule has 0 aromatic carbocycles. The summed E-state index contributed by atoms with van der Waals surface area (Å²) in [6, 6.07) is 0. The first-order valence-corrected chi connectivity index (χ1v) is 12.8. The van der Waals surface area contributed by atoms with Crippen molar-refractivity contribution < 1.29 is 19.1 Å². The molecular formula is C27H38O4. The summed E-state index contributed by atoms with van der Waals surface area (Å²) in [5.74, 6) is 2.78. The molecule has 0 aromatic rings. The topological polar surface area (TPSA) is 52.6 Å². The van der Waals surface area contributed by atoms with E-state index in [1.807, 2.05) is 6.08 Å². The number of hydrogen-bond donors (Lipinski definition) is 0. The Morgan fingerprint density at radius 2 is 1.84 bits per heavy atom. The predicted octanol–water partition coefficient (Wildman–Crippen LogP) is 5.10. The van der Waals surface area contributed by atoms with Crippen molar-refractivity contribution in [3.05, 3.63) is 11.6 Å². The van der Waals surface area contributed by atoms with E-state index < -0.39 is 5.79 Å². The molecule has 0 amide bonds. The van der Waals surface area contributed by atoms with E-state index >= 15 is 0 Å². The molecule has 6 aliphatic rings. The van der Waals surface area contributed by atoms with Gasteiger partial charge in [0.2, 0.25) is 0 Å². The Morgan fingerprint density at radius 3 is 2.58 bits per heavy atom. The van der Waals surface area contributed by atoms with Crippen LogP contribution in [0.2, 0.25) is 0 Å². The molecule has 2 aliphatic heterocycles. The third-order valence-electron chi connectivity index (χ3n) is 11.1. The van der Waals surface area contributed by atoms with Gasteiger partial charge >= 0.3 is 0 Å². The van der Waals surface area contributed by atoms with Gasteiger partial charge in [0, 0.05) is 36.5 Å². The third-order valence-corrected chi connectivity index (χ3v) is 11.1. The zero-order valence-corrected chi connectivity index (χ0v) is 19.6. The van der Waals surface area contributed by atoms with Gasteiger partial charge in [0.05, 0.1) is 12.7 Å². The maximum absolute atomic E-state index is 14.0. The minimum Gasteiger partial charge on any atom is -0.349 e. The Morgan fingerprint density at radius 1 is 1.03 bits per heavy atom. The van der Waals surface area contributed by atoms with Crippen molar-refractivity contribution in [2.75, 3.05) is 6.61 Å². The zero-order valence-electron chi connectivity index (χ0n) is 19.6. The number of rotatable bonds is 0. The summed E-state index contributed by atoms with van der Waals surface area (Å²) in [5.41, 5.74) is 1.07. The lowest BCUT2D eigenvalue weighted by Crippen LogP contribution is -2.56. The quantitative estimate of drug-likeness (QED) is 0.541. The second-order valence-electron chi connectivity index (χ2n) is 12.4. The summed E-state index contributed by atoms with van der Waals surface area (Å²) in [5, 5.41) is 0. The minimum absolute atomic E-state index is 0.0296. The van der Waals surface area contributed by atoms with Crippen LogP contribution in [0.4, 0.5) is 0 Å².